The van der Waals surface area contributed by atoms with Crippen LogP contribution in [0.1, 0.15) is 30.6 Å². The average molecular weight is 295 g/mol. The Hall–Kier alpha value is -2.15. The van der Waals surface area contributed by atoms with E-state index in [1.807, 2.05) is 13.8 Å². The number of amides is 1. The zero-order chi connectivity index (χ0) is 15.8. The summed E-state index contributed by atoms with van der Waals surface area (Å²) in [5.41, 5.74) is 0.752. The number of rotatable bonds is 8. The Balaban J connectivity index is 3.19. The molecule has 2 N–H and O–H groups in total. The Bertz CT molecular complexity index is 505. The lowest BCUT2D eigenvalue weighted by Gasteiger charge is -2.23. The summed E-state index contributed by atoms with van der Waals surface area (Å²) in [4.78, 5) is 24.3. The zero-order valence-corrected chi connectivity index (χ0v) is 12.3. The molecule has 0 aliphatic heterocycles. The molecule has 0 aromatic heterocycles. The standard InChI is InChI=1S/C14H21N3O4/c1-3-15-14(19)11-6-7-12(17(20)21)13(10-11)16(4-2)8-5-9-18/h6-7,10,18H,3-5,8-9H2,1-2H3,(H,15,19). The summed E-state index contributed by atoms with van der Waals surface area (Å²) in [7, 11) is 0. The first kappa shape index (κ1) is 16.9. The fourth-order valence-electron chi connectivity index (χ4n) is 2.05. The van der Waals surface area contributed by atoms with E-state index in [0.717, 1.165) is 0 Å². The second kappa shape index (κ2) is 8.21. The number of benzene rings is 1. The highest BCUT2D eigenvalue weighted by molar-refractivity contribution is 5.96. The average Bonchev–Trinajstić information content (AvgIpc) is 2.48. The van der Waals surface area contributed by atoms with Crippen molar-refractivity contribution in [3.8, 4) is 0 Å². The predicted molar refractivity (Wildman–Crippen MR) is 80.7 cm³/mol. The van der Waals surface area contributed by atoms with Crippen LogP contribution in [0.25, 0.3) is 0 Å². The first-order valence-corrected chi connectivity index (χ1v) is 6.97. The Kier molecular flexibility index (Phi) is 6.61. The fraction of sp³-hybridized carbons (Fsp3) is 0.500. The van der Waals surface area contributed by atoms with E-state index in [2.05, 4.69) is 5.32 Å². The van der Waals surface area contributed by atoms with E-state index in [1.54, 1.807) is 4.90 Å². The highest BCUT2D eigenvalue weighted by atomic mass is 16.6. The molecule has 1 aromatic carbocycles. The van der Waals surface area contributed by atoms with Crippen molar-refractivity contribution in [1.82, 2.24) is 5.32 Å². The van der Waals surface area contributed by atoms with Gasteiger partial charge in [-0.2, -0.15) is 0 Å². The van der Waals surface area contributed by atoms with E-state index in [1.165, 1.54) is 18.2 Å². The topological polar surface area (TPSA) is 95.7 Å². The summed E-state index contributed by atoms with van der Waals surface area (Å²) < 4.78 is 0. The summed E-state index contributed by atoms with van der Waals surface area (Å²) in [6.07, 6.45) is 0.510. The Morgan fingerprint density at radius 3 is 2.67 bits per heavy atom. The van der Waals surface area contributed by atoms with Crippen molar-refractivity contribution in [2.24, 2.45) is 0 Å². The molecule has 21 heavy (non-hydrogen) atoms. The van der Waals surface area contributed by atoms with Gasteiger partial charge in [0.25, 0.3) is 11.6 Å². The van der Waals surface area contributed by atoms with Crippen LogP contribution in [-0.4, -0.2) is 42.2 Å². The van der Waals surface area contributed by atoms with Crippen LogP contribution in [0, 0.1) is 10.1 Å². The Morgan fingerprint density at radius 2 is 2.14 bits per heavy atom. The second-order valence-corrected chi connectivity index (χ2v) is 4.48. The van der Waals surface area contributed by atoms with E-state index in [4.69, 9.17) is 5.11 Å². The molecule has 1 amide bonds. The molecule has 0 bridgehead atoms. The number of aliphatic hydroxyl groups excluding tert-OH is 1. The molecule has 0 aliphatic carbocycles. The molecule has 116 valence electrons. The van der Waals surface area contributed by atoms with Gasteiger partial charge in [0.2, 0.25) is 0 Å². The number of nitrogens with one attached hydrogen (secondary N) is 1. The monoisotopic (exact) mass is 295 g/mol. The van der Waals surface area contributed by atoms with Crippen molar-refractivity contribution in [3.05, 3.63) is 33.9 Å². The molecule has 1 aromatic rings. The number of anilines is 1. The first-order chi connectivity index (χ1) is 10.0. The quantitative estimate of drug-likeness (QED) is 0.560. The largest absolute Gasteiger partial charge is 0.396 e. The van der Waals surface area contributed by atoms with Gasteiger partial charge in [0.15, 0.2) is 0 Å². The summed E-state index contributed by atoms with van der Waals surface area (Å²) in [5.74, 6) is -0.258. The SMILES string of the molecule is CCNC(=O)c1ccc([N+](=O)[O-])c(N(CC)CCCO)c1. The van der Waals surface area contributed by atoms with Crippen LogP contribution in [0.3, 0.4) is 0 Å². The smallest absolute Gasteiger partial charge is 0.292 e. The summed E-state index contributed by atoms with van der Waals surface area (Å²) in [6, 6.07) is 4.33. The Labute approximate surface area is 123 Å². The van der Waals surface area contributed by atoms with Crippen molar-refractivity contribution in [3.63, 3.8) is 0 Å². The molecule has 0 saturated heterocycles. The van der Waals surface area contributed by atoms with Gasteiger partial charge in [-0.1, -0.05) is 0 Å². The van der Waals surface area contributed by atoms with Crippen LogP contribution in [-0.2, 0) is 0 Å². The fourth-order valence-corrected chi connectivity index (χ4v) is 2.05. The van der Waals surface area contributed by atoms with Crippen LogP contribution in [0.15, 0.2) is 18.2 Å². The molecule has 0 fully saturated rings. The van der Waals surface area contributed by atoms with E-state index < -0.39 is 4.92 Å². The summed E-state index contributed by atoms with van der Waals surface area (Å²) >= 11 is 0. The van der Waals surface area contributed by atoms with Crippen molar-refractivity contribution in [2.75, 3.05) is 31.1 Å². The lowest BCUT2D eigenvalue weighted by Crippen LogP contribution is -2.27. The minimum atomic E-state index is -0.460. The van der Waals surface area contributed by atoms with E-state index in [9.17, 15) is 14.9 Å². The number of hydrogen-bond acceptors (Lipinski definition) is 5. The normalized spacial score (nSPS) is 10.2. The maximum absolute atomic E-state index is 11.9. The molecular weight excluding hydrogens is 274 g/mol. The predicted octanol–water partition coefficient (Wildman–Crippen LogP) is 1.55. The molecule has 0 radical (unpaired) electrons. The number of aliphatic hydroxyl groups is 1. The third-order valence-electron chi connectivity index (χ3n) is 3.08. The van der Waals surface area contributed by atoms with Crippen LogP contribution in [0.2, 0.25) is 0 Å². The van der Waals surface area contributed by atoms with Crippen LogP contribution in [0.5, 0.6) is 0 Å². The van der Waals surface area contributed by atoms with Crippen molar-refractivity contribution in [2.45, 2.75) is 20.3 Å². The van der Waals surface area contributed by atoms with Crippen molar-refractivity contribution >= 4 is 17.3 Å². The van der Waals surface area contributed by atoms with Crippen molar-refractivity contribution in [1.29, 1.82) is 0 Å². The Morgan fingerprint density at radius 1 is 1.43 bits per heavy atom. The van der Waals surface area contributed by atoms with Crippen LogP contribution < -0.4 is 10.2 Å². The van der Waals surface area contributed by atoms with Gasteiger partial charge in [-0.3, -0.25) is 14.9 Å². The molecule has 1 rings (SSSR count). The van der Waals surface area contributed by atoms with Gasteiger partial charge in [0.1, 0.15) is 5.69 Å². The molecule has 0 saturated carbocycles. The van der Waals surface area contributed by atoms with Gasteiger partial charge >= 0.3 is 0 Å². The second-order valence-electron chi connectivity index (χ2n) is 4.48. The van der Waals surface area contributed by atoms with E-state index in [0.29, 0.717) is 37.3 Å². The van der Waals surface area contributed by atoms with Gasteiger partial charge in [0, 0.05) is 37.9 Å². The van der Waals surface area contributed by atoms with Crippen LogP contribution >= 0.6 is 0 Å². The van der Waals surface area contributed by atoms with Gasteiger partial charge in [0.05, 0.1) is 4.92 Å². The number of nitrogens with zero attached hydrogens (tertiary/aromatic N) is 2. The molecule has 7 heteroatoms. The number of hydrogen-bond donors (Lipinski definition) is 2. The summed E-state index contributed by atoms with van der Waals surface area (Å²) in [6.45, 7) is 5.24. The van der Waals surface area contributed by atoms with Crippen molar-refractivity contribution < 1.29 is 14.8 Å². The third kappa shape index (κ3) is 4.42. The number of carbonyl (C=O) groups excluding carboxylic acids is 1. The minimum Gasteiger partial charge on any atom is -0.396 e. The lowest BCUT2D eigenvalue weighted by molar-refractivity contribution is -0.384. The maximum atomic E-state index is 11.9. The minimum absolute atomic E-state index is 0.0142. The number of nitro groups is 1. The molecule has 7 nitrogen and oxygen atoms in total. The number of carbonyl (C=O) groups is 1. The number of nitro benzene ring substituents is 1. The highest BCUT2D eigenvalue weighted by Gasteiger charge is 2.20. The third-order valence-corrected chi connectivity index (χ3v) is 3.08. The first-order valence-electron chi connectivity index (χ1n) is 6.97. The maximum Gasteiger partial charge on any atom is 0.292 e. The van der Waals surface area contributed by atoms with Gasteiger partial charge in [-0.15, -0.1) is 0 Å². The van der Waals surface area contributed by atoms with Gasteiger partial charge < -0.3 is 15.3 Å². The highest BCUT2D eigenvalue weighted by Crippen LogP contribution is 2.29. The molecule has 0 heterocycles. The molecule has 0 atom stereocenters. The lowest BCUT2D eigenvalue weighted by atomic mass is 10.1. The van der Waals surface area contributed by atoms with E-state index in [-0.39, 0.29) is 18.2 Å². The molecule has 0 spiro atoms. The van der Waals surface area contributed by atoms with Gasteiger partial charge in [-0.05, 0) is 32.4 Å². The molecule has 0 unspecified atom stereocenters. The van der Waals surface area contributed by atoms with Gasteiger partial charge in [-0.25, -0.2) is 0 Å². The summed E-state index contributed by atoms with van der Waals surface area (Å²) in [5, 5.41) is 22.7. The van der Waals surface area contributed by atoms with Crippen LogP contribution in [0.4, 0.5) is 11.4 Å². The molecular formula is C14H21N3O4. The molecule has 0 aliphatic rings. The van der Waals surface area contributed by atoms with E-state index >= 15 is 0 Å². The zero-order valence-electron chi connectivity index (χ0n) is 12.3.